The molecule has 0 aliphatic heterocycles. The monoisotopic (exact) mass is 506 g/mol. The fourth-order valence-electron chi connectivity index (χ4n) is 3.34. The van der Waals surface area contributed by atoms with E-state index in [0.717, 1.165) is 25.3 Å². The molecule has 0 radical (unpaired) electrons. The number of carbonyl (C=O) groups excluding carboxylic acids is 1. The number of hydrogen-bond acceptors (Lipinski definition) is 4. The number of unbranched alkanes of at least 4 members (excludes halogenated alkanes) is 2. The molecule has 0 aliphatic rings. The third-order valence-electron chi connectivity index (χ3n) is 5.03. The van der Waals surface area contributed by atoms with E-state index in [-0.39, 0.29) is 17.3 Å². The van der Waals surface area contributed by atoms with Crippen LogP contribution in [0.15, 0.2) is 59.4 Å². The molecule has 1 heterocycles. The van der Waals surface area contributed by atoms with Gasteiger partial charge in [-0.3, -0.25) is 20.2 Å². The Hall–Kier alpha value is -3.67. The zero-order valence-corrected chi connectivity index (χ0v) is 19.7. The van der Waals surface area contributed by atoms with Gasteiger partial charge in [0.15, 0.2) is 10.9 Å². The molecular weight excluding hydrogens is 481 g/mol. The second kappa shape index (κ2) is 11.6. The van der Waals surface area contributed by atoms with E-state index in [4.69, 9.17) is 12.2 Å². The van der Waals surface area contributed by atoms with Gasteiger partial charge in [-0.15, -0.1) is 5.10 Å². The van der Waals surface area contributed by atoms with Crippen LogP contribution in [-0.4, -0.2) is 25.4 Å². The fourth-order valence-corrected chi connectivity index (χ4v) is 3.51. The summed E-state index contributed by atoms with van der Waals surface area (Å²) in [7, 11) is 0. The number of hydrogen-bond donors (Lipinski definition) is 3. The molecule has 0 fully saturated rings. The van der Waals surface area contributed by atoms with Crippen molar-refractivity contribution >= 4 is 28.9 Å². The molecule has 2 aromatic carbocycles. The molecule has 3 rings (SSSR count). The van der Waals surface area contributed by atoms with E-state index in [9.17, 15) is 22.8 Å². The number of rotatable bonds is 8. The van der Waals surface area contributed by atoms with Crippen LogP contribution in [0.5, 0.6) is 0 Å². The second-order valence-corrected chi connectivity index (χ2v) is 8.07. The lowest BCUT2D eigenvalue weighted by Gasteiger charge is -2.16. The summed E-state index contributed by atoms with van der Waals surface area (Å²) in [4.78, 5) is 25.5. The Balaban J connectivity index is 1.70. The summed E-state index contributed by atoms with van der Waals surface area (Å²) in [6.07, 6.45) is -1.88. The number of halogens is 3. The fraction of sp³-hybridized carbons (Fsp3) is 0.304. The maximum Gasteiger partial charge on any atom is 0.418 e. The zero-order valence-electron chi connectivity index (χ0n) is 18.9. The number of carbonyl (C=O) groups is 1. The number of benzene rings is 2. The Kier molecular flexibility index (Phi) is 8.63. The van der Waals surface area contributed by atoms with Crippen molar-refractivity contribution in [2.24, 2.45) is 0 Å². The molecule has 1 aromatic heterocycles. The number of alkyl halides is 3. The van der Waals surface area contributed by atoms with Gasteiger partial charge >= 0.3 is 11.9 Å². The van der Waals surface area contributed by atoms with Crippen molar-refractivity contribution in [3.63, 3.8) is 0 Å². The molecule has 12 heteroatoms. The van der Waals surface area contributed by atoms with E-state index in [0.29, 0.717) is 17.9 Å². The topological polar surface area (TPSA) is 93.0 Å². The van der Waals surface area contributed by atoms with Gasteiger partial charge in [-0.1, -0.05) is 62.2 Å². The van der Waals surface area contributed by atoms with Crippen LogP contribution >= 0.6 is 12.2 Å². The minimum atomic E-state index is -4.57. The first-order valence-corrected chi connectivity index (χ1v) is 11.4. The number of para-hydroxylation sites is 1. The van der Waals surface area contributed by atoms with E-state index in [1.54, 1.807) is 24.3 Å². The molecule has 3 N–H and O–H groups in total. The largest absolute Gasteiger partial charge is 0.418 e. The molecule has 35 heavy (non-hydrogen) atoms. The van der Waals surface area contributed by atoms with Gasteiger partial charge in [0.25, 0.3) is 5.91 Å². The summed E-state index contributed by atoms with van der Waals surface area (Å²) in [5.74, 6) is -0.298. The van der Waals surface area contributed by atoms with E-state index in [1.165, 1.54) is 27.4 Å². The van der Waals surface area contributed by atoms with Gasteiger partial charge in [0.05, 0.1) is 11.3 Å². The lowest BCUT2D eigenvalue weighted by molar-refractivity contribution is -0.137. The average Bonchev–Trinajstić information content (AvgIpc) is 3.13. The number of aromatic nitrogens is 3. The number of thiocarbonyl (C=S) groups is 1. The summed E-state index contributed by atoms with van der Waals surface area (Å²) in [6.45, 7) is 2.10. The van der Waals surface area contributed by atoms with Crippen LogP contribution in [0.4, 0.5) is 18.9 Å². The summed E-state index contributed by atoms with van der Waals surface area (Å²) in [6, 6.07) is 13.8. The summed E-state index contributed by atoms with van der Waals surface area (Å²) < 4.78 is 42.0. The number of nitrogens with zero attached hydrogens (tertiary/aromatic N) is 3. The summed E-state index contributed by atoms with van der Waals surface area (Å²) >= 11 is 5.00. The van der Waals surface area contributed by atoms with Gasteiger partial charge in [-0.25, -0.2) is 9.48 Å². The lowest BCUT2D eigenvalue weighted by Crippen LogP contribution is -2.46. The molecule has 3 aromatic rings. The van der Waals surface area contributed by atoms with Crippen molar-refractivity contribution in [1.82, 2.24) is 25.2 Å². The van der Waals surface area contributed by atoms with Crippen molar-refractivity contribution in [3.8, 4) is 11.4 Å². The normalized spacial score (nSPS) is 11.2. The predicted molar refractivity (Wildman–Crippen MR) is 130 cm³/mol. The highest BCUT2D eigenvalue weighted by Gasteiger charge is 2.33. The molecule has 0 bridgehead atoms. The first-order valence-electron chi connectivity index (χ1n) is 11.0. The van der Waals surface area contributed by atoms with Gasteiger partial charge in [0.2, 0.25) is 0 Å². The van der Waals surface area contributed by atoms with Crippen molar-refractivity contribution in [3.05, 3.63) is 70.6 Å². The van der Waals surface area contributed by atoms with E-state index in [2.05, 4.69) is 28.2 Å². The van der Waals surface area contributed by atoms with Crippen molar-refractivity contribution in [2.75, 3.05) is 5.32 Å². The minimum absolute atomic E-state index is 0.249. The number of anilines is 1. The van der Waals surface area contributed by atoms with Crippen molar-refractivity contribution < 1.29 is 18.0 Å². The van der Waals surface area contributed by atoms with Crippen LogP contribution in [0.25, 0.3) is 11.4 Å². The molecule has 0 aliphatic carbocycles. The highest BCUT2D eigenvalue weighted by atomic mass is 32.1. The van der Waals surface area contributed by atoms with Gasteiger partial charge in [0.1, 0.15) is 6.54 Å². The molecule has 0 saturated heterocycles. The highest BCUT2D eigenvalue weighted by Crippen LogP contribution is 2.34. The third kappa shape index (κ3) is 6.92. The first-order chi connectivity index (χ1) is 16.7. The highest BCUT2D eigenvalue weighted by molar-refractivity contribution is 7.80. The second-order valence-electron chi connectivity index (χ2n) is 7.66. The number of aryl methyl sites for hydroxylation is 1. The Labute approximate surface area is 205 Å². The lowest BCUT2D eigenvalue weighted by atomic mass is 10.2. The van der Waals surface area contributed by atoms with Gasteiger partial charge in [0, 0.05) is 12.1 Å². The molecule has 1 amide bonds. The van der Waals surface area contributed by atoms with Crippen LogP contribution in [0.1, 0.15) is 31.7 Å². The van der Waals surface area contributed by atoms with Crippen LogP contribution in [0.2, 0.25) is 0 Å². The Bertz CT molecular complexity index is 1220. The first kappa shape index (κ1) is 25.9. The quantitative estimate of drug-likeness (QED) is 0.244. The van der Waals surface area contributed by atoms with E-state index in [1.807, 2.05) is 6.07 Å². The molecule has 0 atom stereocenters. The maximum absolute atomic E-state index is 13.2. The molecule has 0 spiro atoms. The Morgan fingerprint density at radius 2 is 1.71 bits per heavy atom. The molecule has 8 nitrogen and oxygen atoms in total. The van der Waals surface area contributed by atoms with Crippen LogP contribution < -0.4 is 21.9 Å². The van der Waals surface area contributed by atoms with Crippen LogP contribution in [0.3, 0.4) is 0 Å². The van der Waals surface area contributed by atoms with E-state index < -0.39 is 23.3 Å². The molecule has 186 valence electrons. The van der Waals surface area contributed by atoms with Gasteiger partial charge in [-0.2, -0.15) is 13.2 Å². The minimum Gasteiger partial charge on any atom is -0.331 e. The summed E-state index contributed by atoms with van der Waals surface area (Å²) in [5.41, 5.74) is 3.75. The molecule has 0 unspecified atom stereocenters. The van der Waals surface area contributed by atoms with Crippen LogP contribution in [-0.2, 0) is 24.1 Å². The SMILES string of the molecule is CCCCCn1nc(-c2ccccc2)n(CC(=O)NNC(=S)Nc2ccccc2C(F)(F)F)c1=O. The zero-order chi connectivity index (χ0) is 25.4. The van der Waals surface area contributed by atoms with Crippen LogP contribution in [0, 0.1) is 0 Å². The average molecular weight is 507 g/mol. The third-order valence-corrected chi connectivity index (χ3v) is 5.23. The van der Waals surface area contributed by atoms with E-state index >= 15 is 0 Å². The van der Waals surface area contributed by atoms with Crippen molar-refractivity contribution in [1.29, 1.82) is 0 Å². The number of amides is 1. The number of nitrogens with one attached hydrogen (secondary N) is 3. The Morgan fingerprint density at radius 3 is 2.40 bits per heavy atom. The van der Waals surface area contributed by atoms with Gasteiger partial charge in [-0.05, 0) is 30.8 Å². The standard InChI is InChI=1S/C23H25F3N6O2S/c1-2-3-9-14-32-22(34)31(20(30-32)16-10-5-4-6-11-16)15-19(33)28-29-21(35)27-18-13-8-7-12-17(18)23(24,25)26/h4-8,10-13H,2-3,9,14-15H2,1H3,(H,28,33)(H2,27,29,35). The maximum atomic E-state index is 13.2. The summed E-state index contributed by atoms with van der Waals surface area (Å²) in [5, 5.41) is 6.58. The van der Waals surface area contributed by atoms with Crippen molar-refractivity contribution in [2.45, 2.75) is 45.5 Å². The smallest absolute Gasteiger partial charge is 0.331 e. The van der Waals surface area contributed by atoms with Gasteiger partial charge < -0.3 is 5.32 Å². The molecule has 0 saturated carbocycles. The molecular formula is C23H25F3N6O2S. The number of hydrazine groups is 1. The predicted octanol–water partition coefficient (Wildman–Crippen LogP) is 3.94. The Morgan fingerprint density at radius 1 is 1.03 bits per heavy atom.